The van der Waals surface area contributed by atoms with Crippen LogP contribution in [0.15, 0.2) is 30.5 Å². The zero-order chi connectivity index (χ0) is 13.5. The number of aromatic nitrogens is 1. The number of hydrogen-bond acceptors (Lipinski definition) is 1. The van der Waals surface area contributed by atoms with E-state index in [0.29, 0.717) is 13.0 Å². The lowest BCUT2D eigenvalue weighted by atomic mass is 10.1. The molecule has 3 heteroatoms. The van der Waals surface area contributed by atoms with Gasteiger partial charge < -0.3 is 10.3 Å². The molecule has 0 radical (unpaired) electrons. The Balaban J connectivity index is 1.84. The normalized spacial score (nSPS) is 9.95. The van der Waals surface area contributed by atoms with Crippen LogP contribution in [0.3, 0.4) is 0 Å². The maximum Gasteiger partial charge on any atom is 0.220 e. The lowest BCUT2D eigenvalue weighted by molar-refractivity contribution is -0.121. The van der Waals surface area contributed by atoms with E-state index in [1.54, 1.807) is 6.92 Å². The molecule has 0 aliphatic carbocycles. The van der Waals surface area contributed by atoms with Gasteiger partial charge >= 0.3 is 0 Å². The minimum Gasteiger partial charge on any atom is -0.361 e. The molecule has 0 atom stereocenters. The van der Waals surface area contributed by atoms with E-state index in [0.717, 1.165) is 18.4 Å². The number of carbonyl (C=O) groups excluding carboxylic acids is 1. The van der Waals surface area contributed by atoms with Gasteiger partial charge in [0.2, 0.25) is 5.91 Å². The third-order valence-electron chi connectivity index (χ3n) is 3.05. The van der Waals surface area contributed by atoms with Gasteiger partial charge in [0.15, 0.2) is 0 Å². The van der Waals surface area contributed by atoms with Gasteiger partial charge in [-0.2, -0.15) is 0 Å². The second-order valence-electron chi connectivity index (χ2n) is 4.39. The van der Waals surface area contributed by atoms with Crippen LogP contribution >= 0.6 is 0 Å². The van der Waals surface area contributed by atoms with Crippen molar-refractivity contribution < 1.29 is 4.79 Å². The molecule has 0 saturated heterocycles. The highest BCUT2D eigenvalue weighted by Gasteiger charge is 2.05. The molecule has 1 aromatic carbocycles. The Morgan fingerprint density at radius 2 is 2.21 bits per heavy atom. The van der Waals surface area contributed by atoms with Crippen LogP contribution in [0.5, 0.6) is 0 Å². The number of hydrogen-bond donors (Lipinski definition) is 2. The minimum atomic E-state index is 0.0863. The zero-order valence-electron chi connectivity index (χ0n) is 11.1. The van der Waals surface area contributed by atoms with Gasteiger partial charge in [-0.1, -0.05) is 18.2 Å². The van der Waals surface area contributed by atoms with Crippen LogP contribution in [0.2, 0.25) is 0 Å². The van der Waals surface area contributed by atoms with Crippen molar-refractivity contribution in [1.29, 1.82) is 0 Å². The predicted molar refractivity (Wildman–Crippen MR) is 77.7 cm³/mol. The van der Waals surface area contributed by atoms with Crippen molar-refractivity contribution in [2.45, 2.75) is 26.2 Å². The Hall–Kier alpha value is -2.21. The molecule has 0 bridgehead atoms. The van der Waals surface area contributed by atoms with E-state index in [4.69, 9.17) is 0 Å². The molecule has 0 aliphatic rings. The molecule has 98 valence electrons. The van der Waals surface area contributed by atoms with Crippen LogP contribution in [0, 0.1) is 11.8 Å². The van der Waals surface area contributed by atoms with Crippen LogP contribution in [0.1, 0.15) is 25.3 Å². The van der Waals surface area contributed by atoms with Gasteiger partial charge in [0.05, 0.1) is 0 Å². The van der Waals surface area contributed by atoms with Crippen LogP contribution in [-0.2, 0) is 11.2 Å². The molecule has 0 saturated carbocycles. The molecular weight excluding hydrogens is 236 g/mol. The number of rotatable bonds is 5. The summed E-state index contributed by atoms with van der Waals surface area (Å²) in [5.41, 5.74) is 2.32. The molecule has 2 N–H and O–H groups in total. The van der Waals surface area contributed by atoms with Gasteiger partial charge in [0, 0.05) is 36.5 Å². The first kappa shape index (κ1) is 13.2. The fourth-order valence-corrected chi connectivity index (χ4v) is 2.06. The highest BCUT2D eigenvalue weighted by molar-refractivity contribution is 5.84. The Morgan fingerprint density at radius 3 is 3.05 bits per heavy atom. The van der Waals surface area contributed by atoms with Gasteiger partial charge in [-0.3, -0.25) is 4.79 Å². The summed E-state index contributed by atoms with van der Waals surface area (Å²) in [4.78, 5) is 14.9. The summed E-state index contributed by atoms with van der Waals surface area (Å²) >= 11 is 0. The summed E-state index contributed by atoms with van der Waals surface area (Å²) in [6, 6.07) is 8.14. The first-order chi connectivity index (χ1) is 9.31. The second-order valence-corrected chi connectivity index (χ2v) is 4.39. The minimum absolute atomic E-state index is 0.0863. The van der Waals surface area contributed by atoms with Crippen molar-refractivity contribution >= 4 is 16.8 Å². The maximum atomic E-state index is 11.7. The Kier molecular flexibility index (Phi) is 4.63. The summed E-state index contributed by atoms with van der Waals surface area (Å²) in [6.45, 7) is 2.44. The van der Waals surface area contributed by atoms with E-state index in [1.807, 2.05) is 24.4 Å². The fraction of sp³-hybridized carbons (Fsp3) is 0.312. The number of aromatic amines is 1. The topological polar surface area (TPSA) is 44.9 Å². The number of nitrogens with one attached hydrogen (secondary N) is 2. The van der Waals surface area contributed by atoms with E-state index < -0.39 is 0 Å². The molecule has 1 aromatic heterocycles. The number of H-pyrrole nitrogens is 1. The van der Waals surface area contributed by atoms with Crippen molar-refractivity contribution in [2.75, 3.05) is 6.54 Å². The van der Waals surface area contributed by atoms with Crippen molar-refractivity contribution in [2.24, 2.45) is 0 Å². The van der Waals surface area contributed by atoms with E-state index in [2.05, 4.69) is 28.2 Å². The third kappa shape index (κ3) is 3.62. The highest BCUT2D eigenvalue weighted by Crippen LogP contribution is 2.18. The van der Waals surface area contributed by atoms with Crippen molar-refractivity contribution in [3.63, 3.8) is 0 Å². The molecule has 0 aliphatic heterocycles. The van der Waals surface area contributed by atoms with Crippen LogP contribution in [0.25, 0.3) is 10.9 Å². The van der Waals surface area contributed by atoms with Crippen molar-refractivity contribution in [1.82, 2.24) is 10.3 Å². The lowest BCUT2D eigenvalue weighted by Gasteiger charge is -2.02. The molecule has 0 fully saturated rings. The first-order valence-electron chi connectivity index (χ1n) is 6.52. The fourth-order valence-electron chi connectivity index (χ4n) is 2.06. The van der Waals surface area contributed by atoms with Gasteiger partial charge in [-0.05, 0) is 25.0 Å². The van der Waals surface area contributed by atoms with E-state index in [9.17, 15) is 4.79 Å². The number of aryl methyl sites for hydroxylation is 1. The van der Waals surface area contributed by atoms with Crippen LogP contribution in [0.4, 0.5) is 0 Å². The highest BCUT2D eigenvalue weighted by atomic mass is 16.1. The van der Waals surface area contributed by atoms with Gasteiger partial charge in [0.25, 0.3) is 0 Å². The summed E-state index contributed by atoms with van der Waals surface area (Å²) in [5.74, 6) is 5.82. The second kappa shape index (κ2) is 6.65. The number of benzene rings is 1. The molecule has 19 heavy (non-hydrogen) atoms. The number of para-hydroxylation sites is 1. The third-order valence-corrected chi connectivity index (χ3v) is 3.05. The first-order valence-corrected chi connectivity index (χ1v) is 6.52. The number of carbonyl (C=O) groups is 1. The summed E-state index contributed by atoms with van der Waals surface area (Å²) < 4.78 is 0. The molecule has 1 heterocycles. The van der Waals surface area contributed by atoms with E-state index >= 15 is 0 Å². The summed E-state index contributed by atoms with van der Waals surface area (Å²) in [7, 11) is 0. The number of fused-ring (bicyclic) bond motifs is 1. The van der Waals surface area contributed by atoms with Gasteiger partial charge in [-0.25, -0.2) is 0 Å². The maximum absolute atomic E-state index is 11.7. The van der Waals surface area contributed by atoms with Crippen molar-refractivity contribution in [3.8, 4) is 11.8 Å². The largest absolute Gasteiger partial charge is 0.361 e. The quantitative estimate of drug-likeness (QED) is 0.625. The van der Waals surface area contributed by atoms with Crippen LogP contribution < -0.4 is 5.32 Å². The number of amides is 1. The zero-order valence-corrected chi connectivity index (χ0v) is 11.1. The summed E-state index contributed by atoms with van der Waals surface area (Å²) in [6.07, 6.45) is 3.98. The molecular formula is C16H18N2O. The Bertz CT molecular complexity index is 616. The smallest absolute Gasteiger partial charge is 0.220 e. The molecule has 1 amide bonds. The predicted octanol–water partition coefficient (Wildman–Crippen LogP) is 2.63. The lowest BCUT2D eigenvalue weighted by Crippen LogP contribution is -2.24. The van der Waals surface area contributed by atoms with E-state index in [-0.39, 0.29) is 5.91 Å². The standard InChI is InChI=1S/C16H18N2O/c1-2-3-6-11-17-16(19)10-9-13-12-18-15-8-5-4-7-14(13)15/h4-5,7-8,12,18H,6,9-11H2,1H3,(H,17,19). The van der Waals surface area contributed by atoms with Crippen molar-refractivity contribution in [3.05, 3.63) is 36.0 Å². The average molecular weight is 254 g/mol. The molecule has 2 rings (SSSR count). The SMILES string of the molecule is CC#CCCNC(=O)CCc1c[nH]c2ccccc12. The molecule has 0 unspecified atom stereocenters. The Morgan fingerprint density at radius 1 is 1.37 bits per heavy atom. The Labute approximate surface area is 113 Å². The van der Waals surface area contributed by atoms with Gasteiger partial charge in [-0.15, -0.1) is 11.8 Å². The summed E-state index contributed by atoms with van der Waals surface area (Å²) in [5, 5.41) is 4.08. The van der Waals surface area contributed by atoms with E-state index in [1.165, 1.54) is 10.9 Å². The monoisotopic (exact) mass is 254 g/mol. The van der Waals surface area contributed by atoms with Gasteiger partial charge in [0.1, 0.15) is 0 Å². The average Bonchev–Trinajstić information content (AvgIpc) is 2.85. The molecule has 0 spiro atoms. The van der Waals surface area contributed by atoms with Crippen LogP contribution in [-0.4, -0.2) is 17.4 Å². The molecule has 2 aromatic rings. The molecule has 3 nitrogen and oxygen atoms in total.